The quantitative estimate of drug-likeness (QED) is 0.889. The van der Waals surface area contributed by atoms with E-state index in [0.717, 1.165) is 42.9 Å². The van der Waals surface area contributed by atoms with Gasteiger partial charge in [0.25, 0.3) is 5.56 Å². The molecule has 0 unspecified atom stereocenters. The highest BCUT2D eigenvalue weighted by atomic mass is 16.5. The summed E-state index contributed by atoms with van der Waals surface area (Å²) in [4.78, 5) is 12.5. The van der Waals surface area contributed by atoms with Gasteiger partial charge in [-0.3, -0.25) is 9.48 Å². The Labute approximate surface area is 124 Å². The number of ether oxygens (including phenoxy) is 1. The maximum Gasteiger partial charge on any atom is 0.294 e. The zero-order valence-corrected chi connectivity index (χ0v) is 12.9. The number of benzene rings is 1. The predicted molar refractivity (Wildman–Crippen MR) is 85.3 cm³/mol. The van der Waals surface area contributed by atoms with Crippen LogP contribution in [0.3, 0.4) is 0 Å². The number of aromatic nitrogens is 2. The summed E-state index contributed by atoms with van der Waals surface area (Å²) in [6.45, 7) is 4.95. The van der Waals surface area contributed by atoms with Crippen molar-refractivity contribution in [3.8, 4) is 11.4 Å². The Morgan fingerprint density at radius 3 is 2.33 bits per heavy atom. The van der Waals surface area contributed by atoms with Gasteiger partial charge in [-0.05, 0) is 37.1 Å². The standard InChI is InChI=1S/C16H23N3O2/c1-4-6-14-15(17)16(20)19(18(14)11-5-2)12-7-9-13(21-3)10-8-12/h7-10H,4-6,11,17H2,1-3H3. The van der Waals surface area contributed by atoms with Crippen molar-refractivity contribution in [2.75, 3.05) is 12.8 Å². The molecule has 0 saturated heterocycles. The van der Waals surface area contributed by atoms with Gasteiger partial charge in [0.15, 0.2) is 0 Å². The molecule has 0 amide bonds. The van der Waals surface area contributed by atoms with E-state index in [1.807, 2.05) is 28.9 Å². The minimum absolute atomic E-state index is 0.142. The normalized spacial score (nSPS) is 10.8. The smallest absolute Gasteiger partial charge is 0.294 e. The van der Waals surface area contributed by atoms with Crippen LogP contribution in [0.15, 0.2) is 29.1 Å². The molecule has 5 nitrogen and oxygen atoms in total. The van der Waals surface area contributed by atoms with E-state index in [9.17, 15) is 4.79 Å². The average Bonchev–Trinajstić information content (AvgIpc) is 2.73. The molecule has 0 fully saturated rings. The second-order valence-corrected chi connectivity index (χ2v) is 5.05. The highest BCUT2D eigenvalue weighted by Gasteiger charge is 2.17. The number of hydrogen-bond acceptors (Lipinski definition) is 3. The summed E-state index contributed by atoms with van der Waals surface area (Å²) in [6, 6.07) is 7.45. The van der Waals surface area contributed by atoms with Crippen LogP contribution in [0.5, 0.6) is 5.75 Å². The third-order valence-corrected chi connectivity index (χ3v) is 3.53. The summed E-state index contributed by atoms with van der Waals surface area (Å²) in [5, 5.41) is 0. The summed E-state index contributed by atoms with van der Waals surface area (Å²) < 4.78 is 8.83. The van der Waals surface area contributed by atoms with E-state index in [4.69, 9.17) is 10.5 Å². The van der Waals surface area contributed by atoms with Gasteiger partial charge in [-0.1, -0.05) is 20.3 Å². The Balaban J connectivity index is 2.60. The van der Waals surface area contributed by atoms with Crippen LogP contribution in [0, 0.1) is 0 Å². The first kappa shape index (κ1) is 15.2. The van der Waals surface area contributed by atoms with Gasteiger partial charge in [0, 0.05) is 6.54 Å². The molecular formula is C16H23N3O2. The summed E-state index contributed by atoms with van der Waals surface area (Å²) >= 11 is 0. The molecule has 0 bridgehead atoms. The molecule has 2 rings (SSSR count). The average molecular weight is 289 g/mol. The van der Waals surface area contributed by atoms with Gasteiger partial charge >= 0.3 is 0 Å². The van der Waals surface area contributed by atoms with Crippen molar-refractivity contribution in [2.45, 2.75) is 39.7 Å². The Hall–Kier alpha value is -2.17. The van der Waals surface area contributed by atoms with E-state index in [2.05, 4.69) is 13.8 Å². The lowest BCUT2D eigenvalue weighted by molar-refractivity contribution is 0.414. The molecule has 5 heteroatoms. The van der Waals surface area contributed by atoms with Crippen LogP contribution in [0.25, 0.3) is 5.69 Å². The molecule has 114 valence electrons. The first-order valence-corrected chi connectivity index (χ1v) is 7.38. The van der Waals surface area contributed by atoms with Crippen LogP contribution in [0.1, 0.15) is 32.4 Å². The van der Waals surface area contributed by atoms with Crippen molar-refractivity contribution >= 4 is 5.69 Å². The van der Waals surface area contributed by atoms with Gasteiger partial charge in [0.1, 0.15) is 11.4 Å². The summed E-state index contributed by atoms with van der Waals surface area (Å²) in [5.41, 5.74) is 7.99. The molecular weight excluding hydrogens is 266 g/mol. The van der Waals surface area contributed by atoms with E-state index in [1.165, 1.54) is 0 Å². The molecule has 0 atom stereocenters. The fraction of sp³-hybridized carbons (Fsp3) is 0.438. The predicted octanol–water partition coefficient (Wildman–Crippen LogP) is 2.59. The molecule has 2 aromatic rings. The molecule has 0 aliphatic carbocycles. The van der Waals surface area contributed by atoms with Gasteiger partial charge in [-0.15, -0.1) is 0 Å². The van der Waals surface area contributed by atoms with E-state index in [1.54, 1.807) is 11.8 Å². The number of nitrogen functional groups attached to an aromatic ring is 1. The van der Waals surface area contributed by atoms with Gasteiger partial charge in [0.05, 0.1) is 18.5 Å². The summed E-state index contributed by atoms with van der Waals surface area (Å²) in [6.07, 6.45) is 2.71. The number of anilines is 1. The van der Waals surface area contributed by atoms with Crippen molar-refractivity contribution in [1.29, 1.82) is 0 Å². The first-order valence-electron chi connectivity index (χ1n) is 7.38. The number of nitrogens with two attached hydrogens (primary N) is 1. The number of nitrogens with zero attached hydrogens (tertiary/aromatic N) is 2. The molecule has 2 N–H and O–H groups in total. The van der Waals surface area contributed by atoms with E-state index in [0.29, 0.717) is 5.69 Å². The second-order valence-electron chi connectivity index (χ2n) is 5.05. The van der Waals surface area contributed by atoms with Crippen LogP contribution in [0.4, 0.5) is 5.69 Å². The Bertz CT molecular complexity index is 653. The number of methoxy groups -OCH3 is 1. The van der Waals surface area contributed by atoms with Crippen molar-refractivity contribution < 1.29 is 4.74 Å². The van der Waals surface area contributed by atoms with Crippen LogP contribution < -0.4 is 16.0 Å². The van der Waals surface area contributed by atoms with Crippen LogP contribution in [0.2, 0.25) is 0 Å². The number of rotatable bonds is 6. The Kier molecular flexibility index (Phi) is 4.73. The van der Waals surface area contributed by atoms with E-state index >= 15 is 0 Å². The SMILES string of the molecule is CCCc1c(N)c(=O)n(-c2ccc(OC)cc2)n1CCC. The fourth-order valence-corrected chi connectivity index (χ4v) is 2.53. The van der Waals surface area contributed by atoms with E-state index < -0.39 is 0 Å². The highest BCUT2D eigenvalue weighted by Crippen LogP contribution is 2.18. The third kappa shape index (κ3) is 2.82. The van der Waals surface area contributed by atoms with Crippen LogP contribution >= 0.6 is 0 Å². The van der Waals surface area contributed by atoms with Gasteiger partial charge in [0.2, 0.25) is 0 Å². The minimum Gasteiger partial charge on any atom is -0.497 e. The largest absolute Gasteiger partial charge is 0.497 e. The molecule has 0 aliphatic rings. The molecule has 1 aromatic carbocycles. The Morgan fingerprint density at radius 1 is 1.14 bits per heavy atom. The van der Waals surface area contributed by atoms with E-state index in [-0.39, 0.29) is 5.56 Å². The zero-order chi connectivity index (χ0) is 15.4. The fourth-order valence-electron chi connectivity index (χ4n) is 2.53. The maximum absolute atomic E-state index is 12.5. The van der Waals surface area contributed by atoms with Gasteiger partial charge in [-0.25, -0.2) is 4.68 Å². The molecule has 0 aliphatic heterocycles. The van der Waals surface area contributed by atoms with Crippen LogP contribution in [-0.2, 0) is 13.0 Å². The molecule has 1 heterocycles. The molecule has 0 radical (unpaired) electrons. The van der Waals surface area contributed by atoms with Crippen molar-refractivity contribution in [3.63, 3.8) is 0 Å². The minimum atomic E-state index is -0.142. The third-order valence-electron chi connectivity index (χ3n) is 3.53. The van der Waals surface area contributed by atoms with Crippen molar-refractivity contribution in [3.05, 3.63) is 40.3 Å². The lowest BCUT2D eigenvalue weighted by Gasteiger charge is -2.14. The molecule has 0 saturated carbocycles. The summed E-state index contributed by atoms with van der Waals surface area (Å²) in [7, 11) is 1.62. The second kappa shape index (κ2) is 6.52. The highest BCUT2D eigenvalue weighted by molar-refractivity contribution is 5.46. The van der Waals surface area contributed by atoms with Crippen molar-refractivity contribution in [1.82, 2.24) is 9.36 Å². The lowest BCUT2D eigenvalue weighted by atomic mass is 10.2. The summed E-state index contributed by atoms with van der Waals surface area (Å²) in [5.74, 6) is 0.766. The topological polar surface area (TPSA) is 62.2 Å². The first-order chi connectivity index (χ1) is 10.1. The number of hydrogen-bond donors (Lipinski definition) is 1. The van der Waals surface area contributed by atoms with Gasteiger partial charge < -0.3 is 10.5 Å². The monoisotopic (exact) mass is 289 g/mol. The Morgan fingerprint density at radius 2 is 1.81 bits per heavy atom. The van der Waals surface area contributed by atoms with Crippen LogP contribution in [-0.4, -0.2) is 16.5 Å². The van der Waals surface area contributed by atoms with Crippen molar-refractivity contribution in [2.24, 2.45) is 0 Å². The molecule has 0 spiro atoms. The lowest BCUT2D eigenvalue weighted by Crippen LogP contribution is -2.22. The maximum atomic E-state index is 12.5. The zero-order valence-electron chi connectivity index (χ0n) is 12.9. The molecule has 21 heavy (non-hydrogen) atoms. The molecule has 1 aromatic heterocycles. The van der Waals surface area contributed by atoms with Gasteiger partial charge in [-0.2, -0.15) is 0 Å².